The second kappa shape index (κ2) is 15.0. The zero-order chi connectivity index (χ0) is 35.3. The van der Waals surface area contributed by atoms with Crippen LogP contribution < -0.4 is 10.6 Å². The van der Waals surface area contributed by atoms with Gasteiger partial charge in [-0.25, -0.2) is 9.59 Å². The van der Waals surface area contributed by atoms with Crippen molar-refractivity contribution in [3.63, 3.8) is 0 Å². The first kappa shape index (κ1) is 38.1. The number of carbonyl (C=O) groups is 6. The molecule has 0 atom stereocenters. The van der Waals surface area contributed by atoms with Crippen LogP contribution in [0.1, 0.15) is 78.9 Å². The van der Waals surface area contributed by atoms with E-state index in [1.54, 1.807) is 38.3 Å². The standard InChI is InChI=1S/C28H34F4N4O8S2/c1-9-35(10-2)21(37)17-13(5)15(23(39)43-7)19(45-17)33-25(41)27(29,30)28(31,32)26(42)34-20-16(24(40)44-8)14(6)18(46-20)22(38)36(11-3)12-4/h9-12H2,1-8H3,(H,33,41)(H,34,42). The van der Waals surface area contributed by atoms with Crippen molar-refractivity contribution in [2.75, 3.05) is 51.0 Å². The quantitative estimate of drug-likeness (QED) is 0.224. The van der Waals surface area contributed by atoms with Gasteiger partial charge in [-0.2, -0.15) is 17.6 Å². The minimum Gasteiger partial charge on any atom is -0.465 e. The van der Waals surface area contributed by atoms with Gasteiger partial charge in [0.15, 0.2) is 0 Å². The lowest BCUT2D eigenvalue weighted by Gasteiger charge is -2.24. The molecule has 2 aromatic rings. The van der Waals surface area contributed by atoms with Crippen molar-refractivity contribution in [1.82, 2.24) is 9.80 Å². The highest BCUT2D eigenvalue weighted by Gasteiger charge is 2.67. The molecule has 18 heteroatoms. The molecule has 4 amide bonds. The Morgan fingerprint density at radius 1 is 0.630 bits per heavy atom. The summed E-state index contributed by atoms with van der Waals surface area (Å²) in [5, 5.41) is 1.74. The first-order valence-electron chi connectivity index (χ1n) is 13.8. The fourth-order valence-electron chi connectivity index (χ4n) is 4.26. The Morgan fingerprint density at radius 2 is 0.913 bits per heavy atom. The maximum atomic E-state index is 15.1. The van der Waals surface area contributed by atoms with E-state index in [2.05, 4.69) is 9.47 Å². The zero-order valence-corrected chi connectivity index (χ0v) is 28.0. The number of anilines is 2. The Hall–Kier alpha value is -4.06. The van der Waals surface area contributed by atoms with E-state index in [1.807, 2.05) is 0 Å². The number of nitrogens with zero attached hydrogens (tertiary/aromatic N) is 2. The van der Waals surface area contributed by atoms with Crippen LogP contribution in [0.15, 0.2) is 0 Å². The molecule has 0 saturated carbocycles. The molecule has 46 heavy (non-hydrogen) atoms. The Balaban J connectivity index is 2.52. The zero-order valence-electron chi connectivity index (χ0n) is 26.3. The number of nitrogens with one attached hydrogen (secondary N) is 2. The molecule has 254 valence electrons. The van der Waals surface area contributed by atoms with Crippen LogP contribution in [0.2, 0.25) is 0 Å². The van der Waals surface area contributed by atoms with Crippen LogP contribution in [0, 0.1) is 13.8 Å². The van der Waals surface area contributed by atoms with Gasteiger partial charge in [-0.15, -0.1) is 22.7 Å². The molecule has 0 aliphatic carbocycles. The number of hydrogen-bond acceptors (Lipinski definition) is 10. The summed E-state index contributed by atoms with van der Waals surface area (Å²) in [4.78, 5) is 78.5. The summed E-state index contributed by atoms with van der Waals surface area (Å²) < 4.78 is 69.8. The number of rotatable bonds is 13. The highest BCUT2D eigenvalue weighted by atomic mass is 32.1. The number of esters is 2. The largest absolute Gasteiger partial charge is 0.465 e. The number of hydrogen-bond donors (Lipinski definition) is 2. The molecule has 0 spiro atoms. The first-order chi connectivity index (χ1) is 21.4. The van der Waals surface area contributed by atoms with Gasteiger partial charge >= 0.3 is 35.6 Å². The van der Waals surface area contributed by atoms with Crippen molar-refractivity contribution >= 4 is 68.2 Å². The van der Waals surface area contributed by atoms with E-state index >= 15 is 17.6 Å². The first-order valence-corrected chi connectivity index (χ1v) is 15.4. The van der Waals surface area contributed by atoms with Gasteiger partial charge < -0.3 is 29.9 Å². The minimum atomic E-state index is -5.73. The third-order valence-corrected chi connectivity index (χ3v) is 9.37. The second-order valence-electron chi connectivity index (χ2n) is 9.52. The predicted octanol–water partition coefficient (Wildman–Crippen LogP) is 4.81. The molecule has 0 bridgehead atoms. The summed E-state index contributed by atoms with van der Waals surface area (Å²) in [6, 6.07) is 0. The Kier molecular flexibility index (Phi) is 12.4. The van der Waals surface area contributed by atoms with Crippen LogP contribution >= 0.6 is 22.7 Å². The molecule has 2 aromatic heterocycles. The van der Waals surface area contributed by atoms with Crippen molar-refractivity contribution in [1.29, 1.82) is 0 Å². The lowest BCUT2D eigenvalue weighted by Crippen LogP contribution is -2.56. The van der Waals surface area contributed by atoms with Crippen molar-refractivity contribution in [3.05, 3.63) is 32.0 Å². The molecule has 0 aliphatic heterocycles. The van der Waals surface area contributed by atoms with Crippen LogP contribution in [0.25, 0.3) is 0 Å². The highest BCUT2D eigenvalue weighted by molar-refractivity contribution is 7.19. The fourth-order valence-corrected chi connectivity index (χ4v) is 6.58. The average Bonchev–Trinajstić information content (AvgIpc) is 3.52. The van der Waals surface area contributed by atoms with Crippen molar-refractivity contribution < 1.29 is 55.8 Å². The van der Waals surface area contributed by atoms with Gasteiger partial charge in [-0.05, 0) is 52.7 Å². The smallest absolute Gasteiger partial charge is 0.396 e. The van der Waals surface area contributed by atoms with Crippen LogP contribution in [0.4, 0.5) is 27.6 Å². The van der Waals surface area contributed by atoms with Gasteiger partial charge in [0.25, 0.3) is 11.8 Å². The molecule has 2 rings (SSSR count). The third-order valence-electron chi connectivity index (χ3n) is 6.98. The lowest BCUT2D eigenvalue weighted by molar-refractivity contribution is -0.204. The van der Waals surface area contributed by atoms with E-state index in [-0.39, 0.29) is 47.1 Å². The van der Waals surface area contributed by atoms with E-state index in [1.165, 1.54) is 23.6 Å². The second-order valence-corrected chi connectivity index (χ2v) is 11.6. The van der Waals surface area contributed by atoms with Crippen molar-refractivity contribution in [2.24, 2.45) is 0 Å². The number of ether oxygens (including phenoxy) is 2. The number of alkyl halides is 4. The van der Waals surface area contributed by atoms with E-state index < -0.39 is 68.5 Å². The summed E-state index contributed by atoms with van der Waals surface area (Å²) >= 11 is 0.791. The van der Waals surface area contributed by atoms with Gasteiger partial charge in [-0.3, -0.25) is 19.2 Å². The summed E-state index contributed by atoms with van der Waals surface area (Å²) in [6.45, 7) is 10.2. The molecular formula is C28H34F4N4O8S2. The van der Waals surface area contributed by atoms with Crippen LogP contribution in [0.3, 0.4) is 0 Å². The maximum absolute atomic E-state index is 15.1. The van der Waals surface area contributed by atoms with Crippen molar-refractivity contribution in [2.45, 2.75) is 53.4 Å². The topological polar surface area (TPSA) is 151 Å². The molecule has 0 aliphatic rings. The molecule has 2 heterocycles. The number of methoxy groups -OCH3 is 2. The predicted molar refractivity (Wildman–Crippen MR) is 162 cm³/mol. The Morgan fingerprint density at radius 3 is 1.15 bits per heavy atom. The van der Waals surface area contributed by atoms with E-state index in [9.17, 15) is 28.8 Å². The lowest BCUT2D eigenvalue weighted by atomic mass is 10.1. The monoisotopic (exact) mass is 694 g/mol. The van der Waals surface area contributed by atoms with E-state index in [4.69, 9.17) is 0 Å². The van der Waals surface area contributed by atoms with Crippen LogP contribution in [-0.2, 0) is 19.1 Å². The summed E-state index contributed by atoms with van der Waals surface area (Å²) in [5.74, 6) is -20.3. The third kappa shape index (κ3) is 7.01. The van der Waals surface area contributed by atoms with Gasteiger partial charge in [0.05, 0.1) is 35.1 Å². The number of carbonyl (C=O) groups excluding carboxylic acids is 6. The van der Waals surface area contributed by atoms with Gasteiger partial charge in [0, 0.05) is 26.2 Å². The number of amides is 4. The molecule has 2 N–H and O–H groups in total. The highest BCUT2D eigenvalue weighted by Crippen LogP contribution is 2.41. The Labute approximate surface area is 270 Å². The van der Waals surface area contributed by atoms with Crippen molar-refractivity contribution in [3.8, 4) is 0 Å². The summed E-state index contributed by atoms with van der Waals surface area (Å²) in [7, 11) is 1.89. The molecule has 0 radical (unpaired) electrons. The molecular weight excluding hydrogens is 660 g/mol. The molecule has 0 unspecified atom stereocenters. The normalized spacial score (nSPS) is 11.5. The van der Waals surface area contributed by atoms with Gasteiger partial charge in [0.2, 0.25) is 0 Å². The number of halogens is 4. The molecule has 0 fully saturated rings. The Bertz CT molecular complexity index is 1420. The molecule has 0 saturated heterocycles. The summed E-state index contributed by atoms with van der Waals surface area (Å²) in [6.07, 6.45) is 0. The summed E-state index contributed by atoms with van der Waals surface area (Å²) in [5.41, 5.74) is -1.12. The van der Waals surface area contributed by atoms with Gasteiger partial charge in [0.1, 0.15) is 10.0 Å². The average molecular weight is 695 g/mol. The fraction of sp³-hybridized carbons (Fsp3) is 0.500. The molecule has 0 aromatic carbocycles. The maximum Gasteiger partial charge on any atom is 0.396 e. The van der Waals surface area contributed by atoms with Gasteiger partial charge in [-0.1, -0.05) is 0 Å². The minimum absolute atomic E-state index is 0.0460. The van der Waals surface area contributed by atoms with Crippen LogP contribution in [0.5, 0.6) is 0 Å². The van der Waals surface area contributed by atoms with E-state index in [0.29, 0.717) is 22.7 Å². The molecule has 12 nitrogen and oxygen atoms in total. The SMILES string of the molecule is CCN(CC)C(=O)c1sc(NC(=O)C(F)(F)C(F)(F)C(=O)Nc2sc(C(=O)N(CC)CC)c(C)c2C(=O)OC)c(C(=O)OC)c1C. The number of thiophene rings is 2. The van der Waals surface area contributed by atoms with E-state index in [0.717, 1.165) is 14.2 Å². The van der Waals surface area contributed by atoms with Crippen LogP contribution in [-0.4, -0.2) is 97.6 Å².